The Bertz CT molecular complexity index is 671. The van der Waals surface area contributed by atoms with Crippen LogP contribution in [0.2, 0.25) is 0 Å². The molecule has 1 N–H and O–H groups in total. The Hall–Kier alpha value is -2.17. The Morgan fingerprint density at radius 1 is 1.04 bits per heavy atom. The molecular formula is C23H29NO3. The molecule has 0 radical (unpaired) electrons. The highest BCUT2D eigenvalue weighted by Crippen LogP contribution is 2.31. The molecule has 0 amide bonds. The predicted molar refractivity (Wildman–Crippen MR) is 106 cm³/mol. The van der Waals surface area contributed by atoms with Gasteiger partial charge >= 0.3 is 5.97 Å². The predicted octanol–water partition coefficient (Wildman–Crippen LogP) is 3.73. The molecule has 2 aromatic rings. The van der Waals surface area contributed by atoms with E-state index in [9.17, 15) is 9.90 Å². The Morgan fingerprint density at radius 3 is 2.04 bits per heavy atom. The van der Waals surface area contributed by atoms with Crippen molar-refractivity contribution in [3.05, 3.63) is 71.8 Å². The van der Waals surface area contributed by atoms with Crippen molar-refractivity contribution in [2.75, 3.05) is 19.7 Å². The number of esters is 1. The van der Waals surface area contributed by atoms with Crippen LogP contribution in [-0.2, 0) is 15.1 Å². The van der Waals surface area contributed by atoms with Gasteiger partial charge < -0.3 is 9.84 Å². The first-order chi connectivity index (χ1) is 13.2. The quantitative estimate of drug-likeness (QED) is 0.722. The summed E-state index contributed by atoms with van der Waals surface area (Å²) in [6.07, 6.45) is 5.00. The summed E-state index contributed by atoms with van der Waals surface area (Å²) in [6.45, 7) is 4.08. The van der Waals surface area contributed by atoms with E-state index < -0.39 is 11.6 Å². The molecule has 1 aliphatic rings. The van der Waals surface area contributed by atoms with E-state index in [0.29, 0.717) is 23.7 Å². The fourth-order valence-corrected chi connectivity index (χ4v) is 3.99. The van der Waals surface area contributed by atoms with Gasteiger partial charge in [0.1, 0.15) is 6.61 Å². The van der Waals surface area contributed by atoms with Crippen LogP contribution in [0.3, 0.4) is 0 Å². The molecule has 27 heavy (non-hydrogen) atoms. The number of hydrogen-bond acceptors (Lipinski definition) is 4. The van der Waals surface area contributed by atoms with Crippen LogP contribution in [0.4, 0.5) is 0 Å². The molecule has 4 nitrogen and oxygen atoms in total. The van der Waals surface area contributed by atoms with Crippen molar-refractivity contribution in [2.24, 2.45) is 0 Å². The molecule has 1 aliphatic carbocycles. The van der Waals surface area contributed by atoms with E-state index in [1.807, 2.05) is 36.4 Å². The van der Waals surface area contributed by atoms with Gasteiger partial charge in [-0.1, -0.05) is 80.4 Å². The summed E-state index contributed by atoms with van der Waals surface area (Å²) < 4.78 is 5.58. The van der Waals surface area contributed by atoms with Crippen molar-refractivity contribution in [1.82, 2.24) is 4.90 Å². The van der Waals surface area contributed by atoms with E-state index in [-0.39, 0.29) is 6.61 Å². The normalized spacial score (nSPS) is 15.2. The first-order valence-electron chi connectivity index (χ1n) is 9.91. The lowest BCUT2D eigenvalue weighted by atomic mass is 9.86. The van der Waals surface area contributed by atoms with Gasteiger partial charge in [-0.05, 0) is 30.5 Å². The minimum Gasteiger partial charge on any atom is -0.462 e. The number of ether oxygens (including phenoxy) is 1. The molecule has 0 aromatic heterocycles. The summed E-state index contributed by atoms with van der Waals surface area (Å²) in [5, 5.41) is 11.4. The van der Waals surface area contributed by atoms with Gasteiger partial charge in [-0.15, -0.1) is 0 Å². The summed E-state index contributed by atoms with van der Waals surface area (Å²) in [7, 11) is 0. The van der Waals surface area contributed by atoms with Gasteiger partial charge in [0, 0.05) is 12.6 Å². The molecule has 0 bridgehead atoms. The van der Waals surface area contributed by atoms with Crippen LogP contribution in [-0.4, -0.2) is 41.7 Å². The summed E-state index contributed by atoms with van der Waals surface area (Å²) >= 11 is 0. The maximum absolute atomic E-state index is 13.0. The van der Waals surface area contributed by atoms with E-state index >= 15 is 0 Å². The molecule has 3 rings (SSSR count). The number of rotatable bonds is 8. The Morgan fingerprint density at radius 2 is 1.56 bits per heavy atom. The first-order valence-corrected chi connectivity index (χ1v) is 9.91. The summed E-state index contributed by atoms with van der Waals surface area (Å²) in [6, 6.07) is 18.6. The highest BCUT2D eigenvalue weighted by molar-refractivity contribution is 5.85. The second-order valence-corrected chi connectivity index (χ2v) is 7.15. The third-order valence-corrected chi connectivity index (χ3v) is 5.54. The van der Waals surface area contributed by atoms with Crippen LogP contribution in [0.5, 0.6) is 0 Å². The molecule has 0 spiro atoms. The maximum atomic E-state index is 13.0. The third-order valence-electron chi connectivity index (χ3n) is 5.54. The van der Waals surface area contributed by atoms with Crippen molar-refractivity contribution in [2.45, 2.75) is 44.2 Å². The highest BCUT2D eigenvalue weighted by atomic mass is 16.5. The third kappa shape index (κ3) is 4.40. The van der Waals surface area contributed by atoms with Crippen LogP contribution < -0.4 is 0 Å². The van der Waals surface area contributed by atoms with Crippen LogP contribution in [0.15, 0.2) is 60.7 Å². The molecule has 1 saturated carbocycles. The van der Waals surface area contributed by atoms with Crippen molar-refractivity contribution in [3.63, 3.8) is 0 Å². The van der Waals surface area contributed by atoms with Gasteiger partial charge in [-0.25, -0.2) is 4.79 Å². The number of carbonyl (C=O) groups is 1. The number of hydrogen-bond donors (Lipinski definition) is 1. The fraction of sp³-hybridized carbons (Fsp3) is 0.435. The lowest BCUT2D eigenvalue weighted by Crippen LogP contribution is -2.41. The van der Waals surface area contributed by atoms with Crippen molar-refractivity contribution in [1.29, 1.82) is 0 Å². The molecular weight excluding hydrogens is 338 g/mol. The molecule has 0 atom stereocenters. The first kappa shape index (κ1) is 19.6. The van der Waals surface area contributed by atoms with E-state index in [4.69, 9.17) is 4.74 Å². The number of likely N-dealkylation sites (N-methyl/N-ethyl adjacent to an activating group) is 1. The van der Waals surface area contributed by atoms with Crippen molar-refractivity contribution >= 4 is 5.97 Å². The highest BCUT2D eigenvalue weighted by Gasteiger charge is 2.41. The smallest absolute Gasteiger partial charge is 0.347 e. The van der Waals surface area contributed by atoms with E-state index in [1.165, 1.54) is 25.7 Å². The van der Waals surface area contributed by atoms with Crippen LogP contribution in [0, 0.1) is 0 Å². The molecule has 0 aliphatic heterocycles. The average molecular weight is 367 g/mol. The van der Waals surface area contributed by atoms with Gasteiger partial charge in [-0.2, -0.15) is 0 Å². The zero-order valence-corrected chi connectivity index (χ0v) is 16.0. The summed E-state index contributed by atoms with van der Waals surface area (Å²) in [5.74, 6) is -0.623. The van der Waals surface area contributed by atoms with Gasteiger partial charge in [0.15, 0.2) is 0 Å². The van der Waals surface area contributed by atoms with E-state index in [0.717, 1.165) is 6.54 Å². The van der Waals surface area contributed by atoms with E-state index in [1.54, 1.807) is 24.3 Å². The minimum atomic E-state index is -1.80. The lowest BCUT2D eigenvalue weighted by Gasteiger charge is -2.29. The number of nitrogens with zero attached hydrogens (tertiary/aromatic N) is 1. The zero-order chi connectivity index (χ0) is 19.1. The van der Waals surface area contributed by atoms with Crippen molar-refractivity contribution in [3.8, 4) is 0 Å². The summed E-state index contributed by atoms with van der Waals surface area (Å²) in [4.78, 5) is 15.3. The molecule has 0 heterocycles. The molecule has 0 saturated heterocycles. The van der Waals surface area contributed by atoms with Gasteiger partial charge in [0.05, 0.1) is 0 Å². The largest absolute Gasteiger partial charge is 0.462 e. The lowest BCUT2D eigenvalue weighted by molar-refractivity contribution is -0.162. The minimum absolute atomic E-state index is 0.283. The Kier molecular flexibility index (Phi) is 6.64. The molecule has 144 valence electrons. The molecule has 0 unspecified atom stereocenters. The maximum Gasteiger partial charge on any atom is 0.347 e. The van der Waals surface area contributed by atoms with Gasteiger partial charge in [0.25, 0.3) is 0 Å². The average Bonchev–Trinajstić information content (AvgIpc) is 3.26. The standard InChI is InChI=1S/C23H29NO3/c1-2-24(21-15-9-10-16-21)17-18-27-22(25)23(26,19-11-5-3-6-12-19)20-13-7-4-8-14-20/h3-8,11-14,21,26H,2,9-10,15-18H2,1H3. The fourth-order valence-electron chi connectivity index (χ4n) is 3.99. The van der Waals surface area contributed by atoms with Crippen LogP contribution >= 0.6 is 0 Å². The Labute approximate surface area is 161 Å². The summed E-state index contributed by atoms with van der Waals surface area (Å²) in [5.41, 5.74) is -0.763. The van der Waals surface area contributed by atoms with Crippen LogP contribution in [0.25, 0.3) is 0 Å². The topological polar surface area (TPSA) is 49.8 Å². The zero-order valence-electron chi connectivity index (χ0n) is 16.0. The SMILES string of the molecule is CCN(CCOC(=O)C(O)(c1ccccc1)c1ccccc1)C1CCCC1. The second kappa shape index (κ2) is 9.16. The van der Waals surface area contributed by atoms with Crippen LogP contribution in [0.1, 0.15) is 43.7 Å². The van der Waals surface area contributed by atoms with Gasteiger partial charge in [0.2, 0.25) is 5.60 Å². The van der Waals surface area contributed by atoms with E-state index in [2.05, 4.69) is 11.8 Å². The molecule has 1 fully saturated rings. The van der Waals surface area contributed by atoms with Crippen molar-refractivity contribution < 1.29 is 14.6 Å². The number of benzene rings is 2. The Balaban J connectivity index is 1.72. The molecule has 2 aromatic carbocycles. The number of carbonyl (C=O) groups excluding carboxylic acids is 1. The molecule has 4 heteroatoms. The monoisotopic (exact) mass is 367 g/mol. The second-order valence-electron chi connectivity index (χ2n) is 7.15. The number of aliphatic hydroxyl groups is 1. The van der Waals surface area contributed by atoms with Gasteiger partial charge in [-0.3, -0.25) is 4.90 Å².